The third-order valence-electron chi connectivity index (χ3n) is 7.23. The topological polar surface area (TPSA) is 115 Å². The van der Waals surface area contributed by atoms with Gasteiger partial charge in [0.05, 0.1) is 44.6 Å². The van der Waals surface area contributed by atoms with E-state index in [1.54, 1.807) is 54.3 Å². The predicted molar refractivity (Wildman–Crippen MR) is 163 cm³/mol. The molecule has 0 saturated carbocycles. The molecule has 1 aliphatic heterocycles. The standard InChI is InChI=1S/C31H34FN5O6S/c1-41-26-9-3-23(4-10-26)29-21-37(25-7-5-24(32)6-8-25)31(33-29)34-30(38)22-36(16-15-35-17-19-43-20-18-35)44(39,40)28-13-11-27(42-2)12-14-28/h3-14,21H,15-20,22H2,1-2H3,(H,33,34,38). The SMILES string of the molecule is COc1ccc(-c2cn(-c3ccc(F)cc3)c(NC(=O)CN(CCN3CCOCC3)S(=O)(=O)c3ccc(OC)cc3)n2)cc1. The number of anilines is 1. The first-order chi connectivity index (χ1) is 21.3. The summed E-state index contributed by atoms with van der Waals surface area (Å²) in [5.74, 6) is 0.355. The molecule has 0 bridgehead atoms. The second-order valence-corrected chi connectivity index (χ2v) is 12.0. The molecule has 44 heavy (non-hydrogen) atoms. The average molecular weight is 624 g/mol. The normalized spacial score (nSPS) is 14.0. The molecule has 2 heterocycles. The molecule has 4 aromatic rings. The van der Waals surface area contributed by atoms with E-state index in [4.69, 9.17) is 14.2 Å². The molecule has 0 radical (unpaired) electrons. The number of nitrogens with zero attached hydrogens (tertiary/aromatic N) is 4. The number of halogens is 1. The fraction of sp³-hybridized carbons (Fsp3) is 0.290. The van der Waals surface area contributed by atoms with Gasteiger partial charge < -0.3 is 14.2 Å². The van der Waals surface area contributed by atoms with Crippen LogP contribution in [-0.2, 0) is 19.6 Å². The van der Waals surface area contributed by atoms with Crippen LogP contribution < -0.4 is 14.8 Å². The van der Waals surface area contributed by atoms with Crippen LogP contribution in [0.4, 0.5) is 10.3 Å². The summed E-state index contributed by atoms with van der Waals surface area (Å²) >= 11 is 0. The zero-order valence-corrected chi connectivity index (χ0v) is 25.3. The Balaban J connectivity index is 1.42. The lowest BCUT2D eigenvalue weighted by Gasteiger charge is -2.29. The van der Waals surface area contributed by atoms with Gasteiger partial charge in [0.25, 0.3) is 0 Å². The number of rotatable bonds is 12. The minimum absolute atomic E-state index is 0.0441. The number of ether oxygens (including phenoxy) is 3. The van der Waals surface area contributed by atoms with Crippen molar-refractivity contribution < 1.29 is 31.8 Å². The van der Waals surface area contributed by atoms with Crippen molar-refractivity contribution in [3.05, 3.63) is 84.8 Å². The van der Waals surface area contributed by atoms with E-state index in [0.29, 0.717) is 55.7 Å². The maximum absolute atomic E-state index is 13.7. The molecule has 3 aromatic carbocycles. The van der Waals surface area contributed by atoms with E-state index in [-0.39, 0.29) is 17.4 Å². The van der Waals surface area contributed by atoms with E-state index < -0.39 is 28.3 Å². The molecule has 0 spiro atoms. The number of nitrogens with one attached hydrogen (secondary N) is 1. The number of aromatic nitrogens is 2. The summed E-state index contributed by atoms with van der Waals surface area (Å²) in [6.07, 6.45) is 1.72. The van der Waals surface area contributed by atoms with Crippen molar-refractivity contribution in [2.75, 3.05) is 65.5 Å². The Labute approximate surface area is 255 Å². The molecule has 1 aromatic heterocycles. The molecule has 11 nitrogen and oxygen atoms in total. The Morgan fingerprint density at radius 1 is 0.955 bits per heavy atom. The highest BCUT2D eigenvalue weighted by atomic mass is 32.2. The third-order valence-corrected chi connectivity index (χ3v) is 9.09. The van der Waals surface area contributed by atoms with Crippen molar-refractivity contribution in [3.63, 3.8) is 0 Å². The lowest BCUT2D eigenvalue weighted by atomic mass is 10.1. The van der Waals surface area contributed by atoms with Crippen molar-refractivity contribution in [1.29, 1.82) is 0 Å². The van der Waals surface area contributed by atoms with E-state index in [0.717, 1.165) is 9.87 Å². The van der Waals surface area contributed by atoms with Gasteiger partial charge in [-0.15, -0.1) is 0 Å². The predicted octanol–water partition coefficient (Wildman–Crippen LogP) is 3.66. The van der Waals surface area contributed by atoms with Crippen LogP contribution in [0, 0.1) is 5.82 Å². The number of carbonyl (C=O) groups excluding carboxylic acids is 1. The first kappa shape index (κ1) is 31.1. The summed E-state index contributed by atoms with van der Waals surface area (Å²) in [7, 11) is -0.975. The van der Waals surface area contributed by atoms with Gasteiger partial charge in [-0.25, -0.2) is 17.8 Å². The van der Waals surface area contributed by atoms with E-state index in [2.05, 4.69) is 15.2 Å². The lowest BCUT2D eigenvalue weighted by molar-refractivity contribution is -0.116. The van der Waals surface area contributed by atoms with Gasteiger partial charge in [0.15, 0.2) is 0 Å². The quantitative estimate of drug-likeness (QED) is 0.254. The molecule has 0 atom stereocenters. The van der Waals surface area contributed by atoms with Crippen molar-refractivity contribution in [1.82, 2.24) is 18.8 Å². The van der Waals surface area contributed by atoms with Gasteiger partial charge in [-0.1, -0.05) is 0 Å². The highest BCUT2D eigenvalue weighted by molar-refractivity contribution is 7.89. The van der Waals surface area contributed by atoms with E-state index >= 15 is 0 Å². The van der Waals surface area contributed by atoms with Crippen LogP contribution in [0.3, 0.4) is 0 Å². The van der Waals surface area contributed by atoms with Crippen molar-refractivity contribution in [3.8, 4) is 28.4 Å². The summed E-state index contributed by atoms with van der Waals surface area (Å²) in [4.78, 5) is 20.3. The van der Waals surface area contributed by atoms with Gasteiger partial charge in [0.2, 0.25) is 21.9 Å². The molecule has 13 heteroatoms. The summed E-state index contributed by atoms with van der Waals surface area (Å²) in [5, 5.41) is 2.78. The zero-order chi connectivity index (χ0) is 31.1. The number of sulfonamides is 1. The van der Waals surface area contributed by atoms with Crippen LogP contribution in [0.5, 0.6) is 11.5 Å². The molecule has 1 N–H and O–H groups in total. The first-order valence-corrected chi connectivity index (χ1v) is 15.4. The highest BCUT2D eigenvalue weighted by Crippen LogP contribution is 2.27. The number of carbonyl (C=O) groups is 1. The zero-order valence-electron chi connectivity index (χ0n) is 24.5. The van der Waals surface area contributed by atoms with Crippen molar-refractivity contribution >= 4 is 21.9 Å². The Kier molecular flexibility index (Phi) is 9.90. The largest absolute Gasteiger partial charge is 0.497 e. The summed E-state index contributed by atoms with van der Waals surface area (Å²) in [5.41, 5.74) is 1.86. The van der Waals surface area contributed by atoms with E-state index in [1.165, 1.54) is 31.4 Å². The molecule has 5 rings (SSSR count). The van der Waals surface area contributed by atoms with Crippen LogP contribution in [0.15, 0.2) is 83.9 Å². The van der Waals surface area contributed by atoms with Gasteiger partial charge in [-0.05, 0) is 72.8 Å². The molecule has 1 amide bonds. The van der Waals surface area contributed by atoms with Gasteiger partial charge in [-0.3, -0.25) is 19.6 Å². The van der Waals surface area contributed by atoms with Gasteiger partial charge in [0, 0.05) is 43.6 Å². The Morgan fingerprint density at radius 2 is 1.57 bits per heavy atom. The van der Waals surface area contributed by atoms with Crippen LogP contribution in [-0.4, -0.2) is 93.2 Å². The summed E-state index contributed by atoms with van der Waals surface area (Å²) in [6, 6.07) is 19.0. The average Bonchev–Trinajstić information content (AvgIpc) is 3.47. The second-order valence-electron chi connectivity index (χ2n) is 10.0. The first-order valence-electron chi connectivity index (χ1n) is 14.0. The fourth-order valence-electron chi connectivity index (χ4n) is 4.75. The van der Waals surface area contributed by atoms with Gasteiger partial charge >= 0.3 is 0 Å². The Bertz CT molecular complexity index is 1660. The Morgan fingerprint density at radius 3 is 2.18 bits per heavy atom. The lowest BCUT2D eigenvalue weighted by Crippen LogP contribution is -2.45. The number of hydrogen-bond acceptors (Lipinski definition) is 8. The maximum Gasteiger partial charge on any atom is 0.243 e. The number of amides is 1. The monoisotopic (exact) mass is 623 g/mol. The van der Waals surface area contributed by atoms with Crippen molar-refractivity contribution in [2.24, 2.45) is 0 Å². The number of methoxy groups -OCH3 is 2. The van der Waals surface area contributed by atoms with Gasteiger partial charge in [-0.2, -0.15) is 4.31 Å². The van der Waals surface area contributed by atoms with Crippen LogP contribution >= 0.6 is 0 Å². The van der Waals surface area contributed by atoms with E-state index in [9.17, 15) is 17.6 Å². The van der Waals surface area contributed by atoms with Gasteiger partial charge in [0.1, 0.15) is 17.3 Å². The van der Waals surface area contributed by atoms with Crippen LogP contribution in [0.25, 0.3) is 16.9 Å². The number of hydrogen-bond donors (Lipinski definition) is 1. The third kappa shape index (κ3) is 7.42. The number of morpholine rings is 1. The van der Waals surface area contributed by atoms with E-state index in [1.807, 2.05) is 12.1 Å². The smallest absolute Gasteiger partial charge is 0.243 e. The van der Waals surface area contributed by atoms with Crippen LogP contribution in [0.2, 0.25) is 0 Å². The minimum atomic E-state index is -4.05. The van der Waals surface area contributed by atoms with Crippen molar-refractivity contribution in [2.45, 2.75) is 4.90 Å². The molecule has 1 fully saturated rings. The molecular weight excluding hydrogens is 589 g/mol. The summed E-state index contributed by atoms with van der Waals surface area (Å²) < 4.78 is 59.8. The molecule has 1 saturated heterocycles. The number of benzene rings is 3. The fourth-order valence-corrected chi connectivity index (χ4v) is 6.14. The number of imidazole rings is 1. The molecule has 1 aliphatic rings. The summed E-state index contributed by atoms with van der Waals surface area (Å²) in [6.45, 7) is 2.54. The highest BCUT2D eigenvalue weighted by Gasteiger charge is 2.28. The minimum Gasteiger partial charge on any atom is -0.497 e. The molecule has 0 unspecified atom stereocenters. The molecular formula is C31H34FN5O6S. The molecule has 0 aliphatic carbocycles. The van der Waals surface area contributed by atoms with Crippen LogP contribution in [0.1, 0.15) is 0 Å². The maximum atomic E-state index is 13.7. The molecule has 232 valence electrons. The Hall–Kier alpha value is -4.30. The second kappa shape index (κ2) is 14.0.